The number of carbonyl (C=O) groups is 1. The fourth-order valence-electron chi connectivity index (χ4n) is 3.84. The van der Waals surface area contributed by atoms with Crippen LogP contribution < -0.4 is 5.32 Å². The molecule has 1 atom stereocenters. The number of amides is 1. The molecule has 1 aliphatic rings. The zero-order valence-corrected chi connectivity index (χ0v) is 14.1. The molecule has 1 unspecified atom stereocenters. The third-order valence-electron chi connectivity index (χ3n) is 5.16. The van der Waals surface area contributed by atoms with E-state index in [0.29, 0.717) is 12.8 Å². The smallest absolute Gasteiger partial charge is 0.224 e. The molecule has 25 heavy (non-hydrogen) atoms. The number of aromatic amines is 1. The maximum absolute atomic E-state index is 12.4. The van der Waals surface area contributed by atoms with Crippen molar-refractivity contribution in [2.45, 2.75) is 31.3 Å². The summed E-state index contributed by atoms with van der Waals surface area (Å²) >= 11 is 0. The van der Waals surface area contributed by atoms with Crippen LogP contribution in [0.3, 0.4) is 0 Å². The molecule has 0 saturated heterocycles. The van der Waals surface area contributed by atoms with Crippen LogP contribution in [-0.4, -0.2) is 22.5 Å². The summed E-state index contributed by atoms with van der Waals surface area (Å²) in [5.74, 6) is -0.0683. The Bertz CT molecular complexity index is 915. The van der Waals surface area contributed by atoms with Crippen LogP contribution in [0.2, 0.25) is 0 Å². The van der Waals surface area contributed by atoms with E-state index in [9.17, 15) is 9.90 Å². The molecule has 3 N–H and O–H groups in total. The average molecular weight is 334 g/mol. The number of aryl methyl sites for hydroxylation is 1. The summed E-state index contributed by atoms with van der Waals surface area (Å²) in [6, 6.07) is 15.9. The Morgan fingerprint density at radius 1 is 1.16 bits per heavy atom. The van der Waals surface area contributed by atoms with Gasteiger partial charge in [-0.2, -0.15) is 0 Å². The standard InChI is InChI=1S/C21H22N2O2/c24-20(12-16-13-22-19-10-4-2-8-17(16)19)23-14-21(25)11-5-7-15-6-1-3-9-18(15)21/h1-4,6,8-10,13,22,25H,5,7,11-12,14H2,(H,23,24). The Hall–Kier alpha value is -2.59. The highest BCUT2D eigenvalue weighted by Gasteiger charge is 2.34. The number of fused-ring (bicyclic) bond motifs is 2. The lowest BCUT2D eigenvalue weighted by atomic mass is 9.79. The molecule has 4 nitrogen and oxygen atoms in total. The Labute approximate surface area is 146 Å². The van der Waals surface area contributed by atoms with Crippen molar-refractivity contribution in [3.05, 3.63) is 71.4 Å². The number of nitrogens with one attached hydrogen (secondary N) is 2. The molecule has 0 bridgehead atoms. The number of H-pyrrole nitrogens is 1. The Morgan fingerprint density at radius 3 is 2.88 bits per heavy atom. The largest absolute Gasteiger partial charge is 0.383 e. The Morgan fingerprint density at radius 2 is 1.96 bits per heavy atom. The number of para-hydroxylation sites is 1. The predicted octanol–water partition coefficient (Wildman–Crippen LogP) is 3.05. The van der Waals surface area contributed by atoms with Crippen molar-refractivity contribution in [3.63, 3.8) is 0 Å². The summed E-state index contributed by atoms with van der Waals surface area (Å²) in [6.07, 6.45) is 4.79. The molecule has 1 amide bonds. The minimum atomic E-state index is -0.968. The monoisotopic (exact) mass is 334 g/mol. The first-order chi connectivity index (χ1) is 12.2. The van der Waals surface area contributed by atoms with E-state index in [-0.39, 0.29) is 12.5 Å². The third-order valence-corrected chi connectivity index (χ3v) is 5.16. The number of hydrogen-bond donors (Lipinski definition) is 3. The van der Waals surface area contributed by atoms with Crippen molar-refractivity contribution in [1.82, 2.24) is 10.3 Å². The van der Waals surface area contributed by atoms with Crippen LogP contribution in [0.25, 0.3) is 10.9 Å². The lowest BCUT2D eigenvalue weighted by molar-refractivity contribution is -0.122. The van der Waals surface area contributed by atoms with Crippen molar-refractivity contribution >= 4 is 16.8 Å². The van der Waals surface area contributed by atoms with E-state index < -0.39 is 5.60 Å². The van der Waals surface area contributed by atoms with Gasteiger partial charge in [-0.3, -0.25) is 4.79 Å². The zero-order chi connectivity index (χ0) is 17.3. The Balaban J connectivity index is 1.46. The molecule has 0 saturated carbocycles. The molecule has 128 valence electrons. The van der Waals surface area contributed by atoms with E-state index in [1.807, 2.05) is 48.7 Å². The van der Waals surface area contributed by atoms with Gasteiger partial charge < -0.3 is 15.4 Å². The van der Waals surface area contributed by atoms with Crippen LogP contribution in [0, 0.1) is 0 Å². The maximum Gasteiger partial charge on any atom is 0.224 e. The van der Waals surface area contributed by atoms with Crippen LogP contribution >= 0.6 is 0 Å². The summed E-state index contributed by atoms with van der Waals surface area (Å²) < 4.78 is 0. The summed E-state index contributed by atoms with van der Waals surface area (Å²) in [5, 5.41) is 15.1. The number of rotatable bonds is 4. The van der Waals surface area contributed by atoms with E-state index in [1.165, 1.54) is 5.56 Å². The summed E-state index contributed by atoms with van der Waals surface area (Å²) in [6.45, 7) is 0.255. The van der Waals surface area contributed by atoms with Gasteiger partial charge in [0, 0.05) is 17.1 Å². The van der Waals surface area contributed by atoms with Gasteiger partial charge >= 0.3 is 0 Å². The van der Waals surface area contributed by atoms with Crippen molar-refractivity contribution in [2.75, 3.05) is 6.54 Å². The van der Waals surface area contributed by atoms with Gasteiger partial charge in [-0.25, -0.2) is 0 Å². The second-order valence-electron chi connectivity index (χ2n) is 6.86. The summed E-state index contributed by atoms with van der Waals surface area (Å²) in [7, 11) is 0. The molecular formula is C21H22N2O2. The highest BCUT2D eigenvalue weighted by Crippen LogP contribution is 2.34. The van der Waals surface area contributed by atoms with Crippen LogP contribution in [0.5, 0.6) is 0 Å². The molecule has 0 spiro atoms. The number of aromatic nitrogens is 1. The highest BCUT2D eigenvalue weighted by atomic mass is 16.3. The van der Waals surface area contributed by atoms with Crippen molar-refractivity contribution < 1.29 is 9.90 Å². The van der Waals surface area contributed by atoms with Gasteiger partial charge in [0.05, 0.1) is 13.0 Å². The number of hydrogen-bond acceptors (Lipinski definition) is 2. The molecule has 0 aliphatic heterocycles. The van der Waals surface area contributed by atoms with E-state index in [1.54, 1.807) is 0 Å². The second kappa shape index (κ2) is 6.37. The van der Waals surface area contributed by atoms with Crippen molar-refractivity contribution in [3.8, 4) is 0 Å². The summed E-state index contributed by atoms with van der Waals surface area (Å²) in [4.78, 5) is 15.6. The first kappa shape index (κ1) is 15.9. The second-order valence-corrected chi connectivity index (χ2v) is 6.86. The van der Waals surface area contributed by atoms with Gasteiger partial charge in [0.1, 0.15) is 5.60 Å². The number of aliphatic hydroxyl groups is 1. The fourth-order valence-corrected chi connectivity index (χ4v) is 3.84. The normalized spacial score (nSPS) is 19.6. The van der Waals surface area contributed by atoms with Gasteiger partial charge in [-0.1, -0.05) is 42.5 Å². The van der Waals surface area contributed by atoms with Gasteiger partial charge in [-0.15, -0.1) is 0 Å². The SMILES string of the molecule is O=C(Cc1c[nH]c2ccccc12)NCC1(O)CCCc2ccccc21. The molecule has 0 radical (unpaired) electrons. The minimum Gasteiger partial charge on any atom is -0.383 e. The molecule has 2 aromatic carbocycles. The molecule has 4 heteroatoms. The first-order valence-corrected chi connectivity index (χ1v) is 8.78. The summed E-state index contributed by atoms with van der Waals surface area (Å²) in [5.41, 5.74) is 3.18. The van der Waals surface area contributed by atoms with E-state index >= 15 is 0 Å². The predicted molar refractivity (Wildman–Crippen MR) is 98.3 cm³/mol. The molecular weight excluding hydrogens is 312 g/mol. The Kier molecular flexibility index (Phi) is 4.06. The topological polar surface area (TPSA) is 65.1 Å². The van der Waals surface area contributed by atoms with Gasteiger partial charge in [-0.05, 0) is 42.0 Å². The van der Waals surface area contributed by atoms with Crippen LogP contribution in [-0.2, 0) is 23.2 Å². The van der Waals surface area contributed by atoms with Gasteiger partial charge in [0.15, 0.2) is 0 Å². The van der Waals surface area contributed by atoms with Gasteiger partial charge in [0.2, 0.25) is 5.91 Å². The molecule has 3 aromatic rings. The molecule has 4 rings (SSSR count). The van der Waals surface area contributed by atoms with Crippen LogP contribution in [0.1, 0.15) is 29.5 Å². The zero-order valence-electron chi connectivity index (χ0n) is 14.1. The molecule has 0 fully saturated rings. The van der Waals surface area contributed by atoms with E-state index in [0.717, 1.165) is 34.9 Å². The fraction of sp³-hybridized carbons (Fsp3) is 0.286. The lowest BCUT2D eigenvalue weighted by Gasteiger charge is -2.34. The van der Waals surface area contributed by atoms with Gasteiger partial charge in [0.25, 0.3) is 0 Å². The average Bonchev–Trinajstić information content (AvgIpc) is 3.04. The molecule has 1 aliphatic carbocycles. The first-order valence-electron chi connectivity index (χ1n) is 8.78. The quantitative estimate of drug-likeness (QED) is 0.686. The minimum absolute atomic E-state index is 0.0683. The van der Waals surface area contributed by atoms with Crippen molar-refractivity contribution in [1.29, 1.82) is 0 Å². The number of carbonyl (C=O) groups excluding carboxylic acids is 1. The highest BCUT2D eigenvalue weighted by molar-refractivity contribution is 5.88. The molecule has 1 aromatic heterocycles. The third kappa shape index (κ3) is 3.05. The van der Waals surface area contributed by atoms with Crippen LogP contribution in [0.4, 0.5) is 0 Å². The lowest BCUT2D eigenvalue weighted by Crippen LogP contribution is -2.43. The van der Waals surface area contributed by atoms with Crippen molar-refractivity contribution in [2.24, 2.45) is 0 Å². The van der Waals surface area contributed by atoms with E-state index in [4.69, 9.17) is 0 Å². The molecule has 1 heterocycles. The van der Waals surface area contributed by atoms with Crippen LogP contribution in [0.15, 0.2) is 54.7 Å². The van der Waals surface area contributed by atoms with E-state index in [2.05, 4.69) is 16.4 Å². The number of benzene rings is 2. The maximum atomic E-state index is 12.4.